The minimum Gasteiger partial charge on any atom is -0.394 e. The molecule has 9 nitrogen and oxygen atoms in total. The van der Waals surface area contributed by atoms with Crippen LogP contribution in [0.1, 0.15) is 41.0 Å². The number of carbonyl (C=O) groups excluding carboxylic acids is 2. The van der Waals surface area contributed by atoms with E-state index >= 15 is 0 Å². The standard InChI is InChI=1S/C21H22ClF3N6O3/c1-10-4-16(29-20(27-10)30-18(33)11-2-3-11)19(34)28-13-6-14(9-32)31(8-13)17-15(22)5-12(7-26-17)21(23,24)25/h4-5,7,11,13-14,32H,2-3,6,8-9H2,1H3,(H,28,34)(H,27,29,30,33)/t13-,14+/m1/s1. The van der Waals surface area contributed by atoms with E-state index in [4.69, 9.17) is 11.6 Å². The summed E-state index contributed by atoms with van der Waals surface area (Å²) >= 11 is 6.07. The molecule has 0 unspecified atom stereocenters. The summed E-state index contributed by atoms with van der Waals surface area (Å²) in [6.45, 7) is 1.53. The van der Waals surface area contributed by atoms with Crippen molar-refractivity contribution < 1.29 is 27.9 Å². The Morgan fingerprint density at radius 3 is 2.62 bits per heavy atom. The van der Waals surface area contributed by atoms with Crippen LogP contribution in [0.3, 0.4) is 0 Å². The number of aryl methyl sites for hydroxylation is 1. The van der Waals surface area contributed by atoms with Gasteiger partial charge in [0.25, 0.3) is 5.91 Å². The first-order chi connectivity index (χ1) is 16.0. The molecule has 1 saturated heterocycles. The molecule has 0 bridgehead atoms. The molecule has 1 saturated carbocycles. The number of aliphatic hydroxyl groups excluding tert-OH is 1. The molecule has 3 N–H and O–H groups in total. The lowest BCUT2D eigenvalue weighted by Crippen LogP contribution is -2.38. The topological polar surface area (TPSA) is 120 Å². The molecule has 2 fully saturated rings. The number of aromatic nitrogens is 3. The summed E-state index contributed by atoms with van der Waals surface area (Å²) in [5.41, 5.74) is -0.425. The third-order valence-corrected chi connectivity index (χ3v) is 5.93. The molecule has 2 amide bonds. The van der Waals surface area contributed by atoms with Gasteiger partial charge in [-0.25, -0.2) is 15.0 Å². The zero-order chi connectivity index (χ0) is 24.6. The van der Waals surface area contributed by atoms with Crippen LogP contribution in [0.25, 0.3) is 0 Å². The molecule has 0 spiro atoms. The van der Waals surface area contributed by atoms with Crippen molar-refractivity contribution in [2.75, 3.05) is 23.4 Å². The molecule has 1 aliphatic carbocycles. The Labute approximate surface area is 197 Å². The number of hydrogen-bond donors (Lipinski definition) is 3. The summed E-state index contributed by atoms with van der Waals surface area (Å²) in [7, 11) is 0. The second-order valence-corrected chi connectivity index (χ2v) is 8.81. The molecule has 0 radical (unpaired) electrons. The third-order valence-electron chi connectivity index (χ3n) is 5.65. The fourth-order valence-electron chi connectivity index (χ4n) is 3.81. The van der Waals surface area contributed by atoms with Crippen molar-refractivity contribution in [2.45, 2.75) is 44.4 Å². The molecule has 2 aromatic rings. The van der Waals surface area contributed by atoms with E-state index in [1.165, 1.54) is 6.07 Å². The predicted molar refractivity (Wildman–Crippen MR) is 116 cm³/mol. The average molecular weight is 499 g/mol. The molecular formula is C21H22ClF3N6O3. The van der Waals surface area contributed by atoms with Crippen LogP contribution in [-0.4, -0.2) is 57.1 Å². The van der Waals surface area contributed by atoms with Crippen LogP contribution < -0.4 is 15.5 Å². The first-order valence-corrected chi connectivity index (χ1v) is 11.0. The minimum atomic E-state index is -4.58. The van der Waals surface area contributed by atoms with E-state index in [1.54, 1.807) is 11.8 Å². The second kappa shape index (κ2) is 9.34. The fourth-order valence-corrected chi connectivity index (χ4v) is 4.08. The summed E-state index contributed by atoms with van der Waals surface area (Å²) < 4.78 is 38.8. The van der Waals surface area contributed by atoms with Gasteiger partial charge in [-0.1, -0.05) is 11.6 Å². The van der Waals surface area contributed by atoms with Gasteiger partial charge in [-0.2, -0.15) is 13.2 Å². The van der Waals surface area contributed by atoms with Crippen LogP contribution in [-0.2, 0) is 11.0 Å². The lowest BCUT2D eigenvalue weighted by molar-refractivity contribution is -0.137. The van der Waals surface area contributed by atoms with E-state index in [-0.39, 0.29) is 47.5 Å². The summed E-state index contributed by atoms with van der Waals surface area (Å²) in [4.78, 5) is 38.5. The van der Waals surface area contributed by atoms with Crippen LogP contribution in [0, 0.1) is 12.8 Å². The number of nitrogens with one attached hydrogen (secondary N) is 2. The number of rotatable bonds is 6. The number of halogens is 4. The van der Waals surface area contributed by atoms with E-state index in [2.05, 4.69) is 25.6 Å². The molecular weight excluding hydrogens is 477 g/mol. The molecule has 2 aliphatic rings. The van der Waals surface area contributed by atoms with Gasteiger partial charge < -0.3 is 15.3 Å². The smallest absolute Gasteiger partial charge is 0.394 e. The van der Waals surface area contributed by atoms with Gasteiger partial charge >= 0.3 is 6.18 Å². The van der Waals surface area contributed by atoms with E-state index in [0.717, 1.165) is 18.9 Å². The van der Waals surface area contributed by atoms with E-state index < -0.39 is 29.7 Å². The maximum atomic E-state index is 12.9. The Bertz CT molecular complexity index is 1110. The highest BCUT2D eigenvalue weighted by atomic mass is 35.5. The monoisotopic (exact) mass is 498 g/mol. The number of hydrogen-bond acceptors (Lipinski definition) is 7. The SMILES string of the molecule is Cc1cc(C(=O)N[C@@H]2C[C@@H](CO)N(c3ncc(C(F)(F)F)cc3Cl)C2)nc(NC(=O)C2CC2)n1. The van der Waals surface area contributed by atoms with Gasteiger partial charge in [0.05, 0.1) is 23.2 Å². The first-order valence-electron chi connectivity index (χ1n) is 10.6. The highest BCUT2D eigenvalue weighted by Gasteiger charge is 2.37. The Morgan fingerprint density at radius 1 is 1.26 bits per heavy atom. The molecule has 4 rings (SSSR count). The maximum absolute atomic E-state index is 12.9. The van der Waals surface area contributed by atoms with Crippen molar-refractivity contribution >= 4 is 35.2 Å². The summed E-state index contributed by atoms with van der Waals surface area (Å²) in [6, 6.07) is 1.30. The average Bonchev–Trinajstić information content (AvgIpc) is 3.54. The summed E-state index contributed by atoms with van der Waals surface area (Å²) in [6.07, 6.45) is -1.96. The lowest BCUT2D eigenvalue weighted by Gasteiger charge is -2.25. The molecule has 13 heteroatoms. The maximum Gasteiger partial charge on any atom is 0.417 e. The fraction of sp³-hybridized carbons (Fsp3) is 0.476. The van der Waals surface area contributed by atoms with Gasteiger partial charge in [0.1, 0.15) is 11.5 Å². The number of carbonyl (C=O) groups is 2. The van der Waals surface area contributed by atoms with Crippen molar-refractivity contribution in [3.63, 3.8) is 0 Å². The van der Waals surface area contributed by atoms with Gasteiger partial charge in [-0.05, 0) is 38.3 Å². The molecule has 2 aromatic heterocycles. The normalized spacial score (nSPS) is 20.4. The highest BCUT2D eigenvalue weighted by Crippen LogP contribution is 2.35. The first kappa shape index (κ1) is 24.1. The lowest BCUT2D eigenvalue weighted by atomic mass is 10.1. The molecule has 3 heterocycles. The van der Waals surface area contributed by atoms with Crippen LogP contribution in [0.4, 0.5) is 24.9 Å². The van der Waals surface area contributed by atoms with Crippen molar-refractivity contribution in [1.82, 2.24) is 20.3 Å². The molecule has 182 valence electrons. The van der Waals surface area contributed by atoms with E-state index in [1.807, 2.05) is 0 Å². The number of amides is 2. The Morgan fingerprint density at radius 2 is 2.00 bits per heavy atom. The molecule has 34 heavy (non-hydrogen) atoms. The van der Waals surface area contributed by atoms with Crippen molar-refractivity contribution in [2.24, 2.45) is 5.92 Å². The van der Waals surface area contributed by atoms with Gasteiger partial charge in [0.15, 0.2) is 0 Å². The van der Waals surface area contributed by atoms with Crippen molar-refractivity contribution in [3.8, 4) is 0 Å². The van der Waals surface area contributed by atoms with Crippen molar-refractivity contribution in [3.05, 3.63) is 40.3 Å². The van der Waals surface area contributed by atoms with Crippen LogP contribution in [0.2, 0.25) is 5.02 Å². The van der Waals surface area contributed by atoms with Gasteiger partial charge in [0, 0.05) is 30.4 Å². The quantitative estimate of drug-likeness (QED) is 0.560. The molecule has 2 atom stereocenters. The minimum absolute atomic E-state index is 0.0454. The van der Waals surface area contributed by atoms with Crippen molar-refractivity contribution in [1.29, 1.82) is 0 Å². The van der Waals surface area contributed by atoms with Gasteiger partial charge in [-0.15, -0.1) is 0 Å². The number of aliphatic hydroxyl groups is 1. The van der Waals surface area contributed by atoms with Gasteiger partial charge in [-0.3, -0.25) is 14.9 Å². The van der Waals surface area contributed by atoms with Crippen LogP contribution in [0.5, 0.6) is 0 Å². The number of alkyl halides is 3. The molecule has 1 aliphatic heterocycles. The molecule has 0 aromatic carbocycles. The number of pyridine rings is 1. The Kier molecular flexibility index (Phi) is 6.63. The van der Waals surface area contributed by atoms with E-state index in [0.29, 0.717) is 18.3 Å². The van der Waals surface area contributed by atoms with E-state index in [9.17, 15) is 27.9 Å². The third kappa shape index (κ3) is 5.39. The zero-order valence-corrected chi connectivity index (χ0v) is 18.8. The highest BCUT2D eigenvalue weighted by molar-refractivity contribution is 6.33. The van der Waals surface area contributed by atoms with Crippen LogP contribution >= 0.6 is 11.6 Å². The number of nitrogens with zero attached hydrogens (tertiary/aromatic N) is 4. The number of anilines is 2. The van der Waals surface area contributed by atoms with Gasteiger partial charge in [0.2, 0.25) is 11.9 Å². The summed E-state index contributed by atoms with van der Waals surface area (Å²) in [5, 5.41) is 15.0. The Hall–Kier alpha value is -2.99. The van der Waals surface area contributed by atoms with Crippen LogP contribution in [0.15, 0.2) is 18.3 Å². The largest absolute Gasteiger partial charge is 0.417 e. The Balaban J connectivity index is 1.46. The zero-order valence-electron chi connectivity index (χ0n) is 18.1. The summed E-state index contributed by atoms with van der Waals surface area (Å²) in [5.74, 6) is -0.609. The predicted octanol–water partition coefficient (Wildman–Crippen LogP) is 2.57. The second-order valence-electron chi connectivity index (χ2n) is 8.40.